The van der Waals surface area contributed by atoms with E-state index in [0.29, 0.717) is 19.8 Å². The summed E-state index contributed by atoms with van der Waals surface area (Å²) in [5.41, 5.74) is 6.76. The van der Waals surface area contributed by atoms with Crippen LogP contribution >= 0.6 is 0 Å². The highest BCUT2D eigenvalue weighted by molar-refractivity contribution is 5.67. The molecule has 1 aliphatic heterocycles. The number of hydrogen-bond donors (Lipinski definition) is 0. The lowest BCUT2D eigenvalue weighted by Gasteiger charge is -2.23. The zero-order valence-corrected chi connectivity index (χ0v) is 18.9. The predicted molar refractivity (Wildman–Crippen MR) is 127 cm³/mol. The number of hydrogen-bond acceptors (Lipinski definition) is 4. The van der Waals surface area contributed by atoms with Gasteiger partial charge in [-0.1, -0.05) is 37.0 Å². The van der Waals surface area contributed by atoms with Gasteiger partial charge in [-0.3, -0.25) is 0 Å². The Kier molecular flexibility index (Phi) is 9.82. The molecule has 1 atom stereocenters. The van der Waals surface area contributed by atoms with Gasteiger partial charge in [-0.25, -0.2) is 0 Å². The Labute approximate surface area is 192 Å². The lowest BCUT2D eigenvalue weighted by atomic mass is 9.96. The Bertz CT molecular complexity index is 907. The van der Waals surface area contributed by atoms with Gasteiger partial charge in [0.15, 0.2) is 6.29 Å². The van der Waals surface area contributed by atoms with E-state index in [9.17, 15) is 0 Å². The van der Waals surface area contributed by atoms with E-state index in [4.69, 9.17) is 31.8 Å². The van der Waals surface area contributed by atoms with Crippen molar-refractivity contribution < 1.29 is 18.9 Å². The number of ether oxygens (including phenoxy) is 4. The van der Waals surface area contributed by atoms with E-state index in [0.717, 1.165) is 60.1 Å². The topological polar surface area (TPSA) is 36.9 Å². The average Bonchev–Trinajstić information content (AvgIpc) is 2.83. The molecule has 1 heterocycles. The quantitative estimate of drug-likeness (QED) is 0.359. The van der Waals surface area contributed by atoms with Crippen LogP contribution in [0.5, 0.6) is 0 Å². The average molecular weight is 433 g/mol. The Balaban J connectivity index is 1.84. The second-order valence-electron chi connectivity index (χ2n) is 7.93. The van der Waals surface area contributed by atoms with Crippen molar-refractivity contribution in [1.82, 2.24) is 0 Å². The van der Waals surface area contributed by atoms with E-state index in [1.807, 2.05) is 0 Å². The number of benzene rings is 2. The van der Waals surface area contributed by atoms with E-state index in [1.54, 1.807) is 0 Å². The Morgan fingerprint density at radius 3 is 1.91 bits per heavy atom. The lowest BCUT2D eigenvalue weighted by Crippen LogP contribution is -2.22. The van der Waals surface area contributed by atoms with Gasteiger partial charge in [0.1, 0.15) is 13.2 Å². The molecule has 1 aliphatic rings. The van der Waals surface area contributed by atoms with Crippen LogP contribution in [0.25, 0.3) is 11.1 Å². The van der Waals surface area contributed by atoms with Crippen LogP contribution < -0.4 is 0 Å². The molecule has 0 amide bonds. The van der Waals surface area contributed by atoms with Crippen molar-refractivity contribution in [1.29, 1.82) is 0 Å². The Morgan fingerprint density at radius 1 is 0.812 bits per heavy atom. The van der Waals surface area contributed by atoms with Gasteiger partial charge in [0, 0.05) is 6.61 Å². The van der Waals surface area contributed by atoms with Gasteiger partial charge < -0.3 is 18.9 Å². The maximum Gasteiger partial charge on any atom is 0.158 e. The standard InChI is InChI=1S/C28H32O4/c1-4-10-29-19-23-14-24(20-30-11-5-2)17-27(16-23)26-15-22(6-3)13-25(18-26)21-32-28-9-7-8-12-31-28/h1-2,13-18,28H,6-12,19-21H2,3H3. The van der Waals surface area contributed by atoms with Gasteiger partial charge in [-0.05, 0) is 77.3 Å². The summed E-state index contributed by atoms with van der Waals surface area (Å²) in [6.45, 7) is 4.94. The maximum atomic E-state index is 6.04. The second kappa shape index (κ2) is 13.1. The fourth-order valence-corrected chi connectivity index (χ4v) is 3.80. The lowest BCUT2D eigenvalue weighted by molar-refractivity contribution is -0.168. The van der Waals surface area contributed by atoms with Crippen molar-refractivity contribution in [3.63, 3.8) is 0 Å². The summed E-state index contributed by atoms with van der Waals surface area (Å²) in [4.78, 5) is 0. The molecule has 4 nitrogen and oxygen atoms in total. The van der Waals surface area contributed by atoms with E-state index in [2.05, 4.69) is 55.2 Å². The largest absolute Gasteiger partial charge is 0.364 e. The molecule has 0 aromatic heterocycles. The summed E-state index contributed by atoms with van der Waals surface area (Å²) in [7, 11) is 0. The molecule has 0 aliphatic carbocycles. The Morgan fingerprint density at radius 2 is 1.38 bits per heavy atom. The molecule has 1 fully saturated rings. The first-order chi connectivity index (χ1) is 15.7. The normalized spacial score (nSPS) is 15.8. The van der Waals surface area contributed by atoms with Gasteiger partial charge in [-0.2, -0.15) is 0 Å². The van der Waals surface area contributed by atoms with Crippen LogP contribution in [0.4, 0.5) is 0 Å². The van der Waals surface area contributed by atoms with Crippen LogP contribution in [0, 0.1) is 24.7 Å². The van der Waals surface area contributed by atoms with Crippen LogP contribution in [0.1, 0.15) is 48.4 Å². The summed E-state index contributed by atoms with van der Waals surface area (Å²) in [5, 5.41) is 0. The smallest absolute Gasteiger partial charge is 0.158 e. The van der Waals surface area contributed by atoms with E-state index in [-0.39, 0.29) is 19.5 Å². The fraction of sp³-hybridized carbons (Fsp3) is 0.429. The van der Waals surface area contributed by atoms with Crippen LogP contribution in [-0.4, -0.2) is 26.1 Å². The van der Waals surface area contributed by atoms with Crippen molar-refractivity contribution in [2.24, 2.45) is 0 Å². The third kappa shape index (κ3) is 7.52. The molecule has 0 bridgehead atoms. The van der Waals surface area contributed by atoms with Crippen molar-refractivity contribution in [3.05, 3.63) is 58.7 Å². The van der Waals surface area contributed by atoms with E-state index >= 15 is 0 Å². The molecule has 3 rings (SSSR count). The highest BCUT2D eigenvalue weighted by Crippen LogP contribution is 2.27. The van der Waals surface area contributed by atoms with Gasteiger partial charge in [0.2, 0.25) is 0 Å². The zero-order valence-electron chi connectivity index (χ0n) is 18.9. The first kappa shape index (κ1) is 24.1. The van der Waals surface area contributed by atoms with Gasteiger partial charge >= 0.3 is 0 Å². The first-order valence-corrected chi connectivity index (χ1v) is 11.2. The van der Waals surface area contributed by atoms with Gasteiger partial charge in [-0.15, -0.1) is 12.8 Å². The third-order valence-electron chi connectivity index (χ3n) is 5.33. The van der Waals surface area contributed by atoms with Crippen LogP contribution in [0.15, 0.2) is 36.4 Å². The van der Waals surface area contributed by atoms with Gasteiger partial charge in [0.05, 0.1) is 19.8 Å². The minimum atomic E-state index is -0.103. The molecule has 0 radical (unpaired) electrons. The van der Waals surface area contributed by atoms with Crippen molar-refractivity contribution in [3.8, 4) is 35.8 Å². The molecule has 2 aromatic carbocycles. The van der Waals surface area contributed by atoms with Gasteiger partial charge in [0.25, 0.3) is 0 Å². The first-order valence-electron chi connectivity index (χ1n) is 11.2. The molecular formula is C28H32O4. The number of terminal acetylenes is 2. The molecule has 0 N–H and O–H groups in total. The number of aryl methyl sites for hydroxylation is 1. The van der Waals surface area contributed by atoms with Crippen LogP contribution in [-0.2, 0) is 45.2 Å². The fourth-order valence-electron chi connectivity index (χ4n) is 3.80. The van der Waals surface area contributed by atoms with Crippen molar-refractivity contribution in [2.45, 2.75) is 58.7 Å². The molecule has 168 valence electrons. The highest BCUT2D eigenvalue weighted by Gasteiger charge is 2.14. The minimum Gasteiger partial charge on any atom is -0.364 e. The van der Waals surface area contributed by atoms with Crippen molar-refractivity contribution in [2.75, 3.05) is 19.8 Å². The molecular weight excluding hydrogens is 400 g/mol. The summed E-state index contributed by atoms with van der Waals surface area (Å²) >= 11 is 0. The summed E-state index contributed by atoms with van der Waals surface area (Å²) in [6, 6.07) is 13.0. The predicted octanol–water partition coefficient (Wildman–Crippen LogP) is 5.26. The monoisotopic (exact) mass is 432 g/mol. The molecule has 32 heavy (non-hydrogen) atoms. The summed E-state index contributed by atoms with van der Waals surface area (Å²) < 4.78 is 22.9. The molecule has 4 heteroatoms. The summed E-state index contributed by atoms with van der Waals surface area (Å²) in [6.07, 6.45) is 14.7. The molecule has 0 spiro atoms. The van der Waals surface area contributed by atoms with E-state index < -0.39 is 0 Å². The van der Waals surface area contributed by atoms with Crippen LogP contribution in [0.3, 0.4) is 0 Å². The highest BCUT2D eigenvalue weighted by atomic mass is 16.7. The minimum absolute atomic E-state index is 0.103. The molecule has 1 unspecified atom stereocenters. The van der Waals surface area contributed by atoms with Crippen LogP contribution in [0.2, 0.25) is 0 Å². The second-order valence-corrected chi connectivity index (χ2v) is 7.93. The SMILES string of the molecule is C#CCOCc1cc(COCC#C)cc(-c2cc(CC)cc(COC3CCCCO3)c2)c1. The molecule has 1 saturated heterocycles. The Hall–Kier alpha value is -2.60. The zero-order chi connectivity index (χ0) is 22.6. The molecule has 0 saturated carbocycles. The third-order valence-corrected chi connectivity index (χ3v) is 5.33. The maximum absolute atomic E-state index is 6.04. The number of rotatable bonds is 11. The van der Waals surface area contributed by atoms with Crippen molar-refractivity contribution >= 4 is 0 Å². The summed E-state index contributed by atoms with van der Waals surface area (Å²) in [5.74, 6) is 5.02. The van der Waals surface area contributed by atoms with E-state index in [1.165, 1.54) is 5.56 Å². The molecule has 2 aromatic rings.